The van der Waals surface area contributed by atoms with Crippen molar-refractivity contribution in [1.82, 2.24) is 79.7 Å². The Balaban J connectivity index is 0.000000125. The number of anilines is 10. The van der Waals surface area contributed by atoms with Crippen LogP contribution in [0.5, 0.6) is 5.75 Å². The molecule has 0 unspecified atom stereocenters. The van der Waals surface area contributed by atoms with Crippen LogP contribution in [-0.4, -0.2) is 103 Å². The van der Waals surface area contributed by atoms with Gasteiger partial charge in [-0.1, -0.05) is 41.4 Å². The quantitative estimate of drug-likeness (QED) is 0.0349. The topological polar surface area (TPSA) is 336 Å². The van der Waals surface area contributed by atoms with Crippen LogP contribution in [0.25, 0.3) is 67.8 Å². The monoisotopic (exact) mass is 1550 g/mol. The highest BCUT2D eigenvalue weighted by Crippen LogP contribution is 2.30. The highest BCUT2D eigenvalue weighted by Gasteiger charge is 2.13. The van der Waals surface area contributed by atoms with E-state index in [0.29, 0.717) is 56.0 Å². The minimum atomic E-state index is -0.0639. The number of carbonyl (C=O) groups excluding carboxylic acids is 1. The number of benzene rings is 5. The number of fused-ring (bicyclic) bond motifs is 1. The van der Waals surface area contributed by atoms with Crippen LogP contribution in [0.15, 0.2) is 215 Å². The summed E-state index contributed by atoms with van der Waals surface area (Å²) in [7, 11) is 1.64. The van der Waals surface area contributed by atoms with Crippen LogP contribution >= 0.6 is 79.9 Å². The molecular formula is C75H63Cl2N21O4S5. The van der Waals surface area contributed by atoms with Gasteiger partial charge in [-0.25, -0.2) is 74.8 Å². The van der Waals surface area contributed by atoms with Crippen molar-refractivity contribution in [3.8, 4) is 62.7 Å². The van der Waals surface area contributed by atoms with Crippen LogP contribution in [0.2, 0.25) is 10.0 Å². The number of H-pyrrole nitrogens is 1. The SMILES string of the molecule is CC(=O)c1cccc(Nc2nccc(-c3csc(C)n3)n2)c1.COc1cccc(Nc2nccc(-c3cscn3)n2)c1.Cc1nc(-c2ccnc(Nc3ccc(Cl)c(C)c3)n2)cs1.OCc1nc(-c2ccnc(Nc3ccc(Cl)cc3)n2)cs1.OCc1nc(-c2ccnc(Nc3ccc4[nH]ccc4c3)n2)cs1. The molecule has 8 N–H and O–H groups in total. The molecule has 0 amide bonds. The van der Waals surface area contributed by atoms with E-state index in [-0.39, 0.29) is 19.0 Å². The van der Waals surface area contributed by atoms with Gasteiger partial charge < -0.3 is 46.5 Å². The first-order chi connectivity index (χ1) is 52.1. The summed E-state index contributed by atoms with van der Waals surface area (Å²) < 4.78 is 5.19. The standard InChI is InChI=1S/C16H13N5OS.C16H14N4OS.C15H13ClN4S.C14H11ClN4OS.C14H12N4OS/c22-8-15-20-14(9-23-15)13-4-6-18-16(21-13)19-11-1-2-12-10(7-11)3-5-17-12;1-10(21)12-4-3-5-13(8-12)19-16-17-7-6-14(20-16)15-9-22-11(2)18-15;1-9-7-11(3-4-12(9)16)19-15-17-6-5-13(20-15)14-8-21-10(2)18-14;15-9-1-3-10(4-2-9)17-14-16-6-5-11(19-14)12-8-21-13(7-20)18-12;1-19-11-4-2-3-10(7-11)17-14-15-6-5-12(18-14)13-8-20-9-16-13/h1-7,9,17,22H,8H2,(H,18,19,21);3-9H,1-2H3,(H,17,19,20);3-8H,1-2H3,(H,17,19,20);1-6,8,20H,7H2,(H,16,17,19);2-9H,1H3,(H,15,17,18). The van der Waals surface area contributed by atoms with E-state index in [1.807, 2.05) is 163 Å². The maximum Gasteiger partial charge on any atom is 0.227 e. The number of halogens is 2. The molecule has 0 aliphatic heterocycles. The number of carbonyl (C=O) groups is 1. The lowest BCUT2D eigenvalue weighted by Crippen LogP contribution is -1.99. The highest BCUT2D eigenvalue weighted by molar-refractivity contribution is 7.10. The number of aliphatic hydroxyl groups is 2. The van der Waals surface area contributed by atoms with Gasteiger partial charge in [-0.3, -0.25) is 4.79 Å². The van der Waals surface area contributed by atoms with Gasteiger partial charge in [0.15, 0.2) is 5.78 Å². The summed E-state index contributed by atoms with van der Waals surface area (Å²) in [6.07, 6.45) is 10.4. The van der Waals surface area contributed by atoms with E-state index < -0.39 is 0 Å². The molecule has 0 bridgehead atoms. The minimum absolute atomic E-state index is 0.0243. The van der Waals surface area contributed by atoms with E-state index >= 15 is 0 Å². The maximum absolute atomic E-state index is 11.4. The first-order valence-electron chi connectivity index (χ1n) is 32.3. The Morgan fingerprint density at radius 2 is 0.879 bits per heavy atom. The van der Waals surface area contributed by atoms with Gasteiger partial charge in [0.25, 0.3) is 0 Å². The smallest absolute Gasteiger partial charge is 0.227 e. The summed E-state index contributed by atoms with van der Waals surface area (Å²) in [5, 5.41) is 49.5. The third-order valence-corrected chi connectivity index (χ3v) is 19.3. The number of methoxy groups -OCH3 is 1. The number of aliphatic hydroxyl groups excluding tert-OH is 2. The third kappa shape index (κ3) is 21.4. The normalized spacial score (nSPS) is 10.6. The van der Waals surface area contributed by atoms with Crippen LogP contribution in [0.1, 0.15) is 42.9 Å². The molecule has 107 heavy (non-hydrogen) atoms. The molecule has 536 valence electrons. The number of ether oxygens (including phenoxy) is 1. The zero-order valence-electron chi connectivity index (χ0n) is 57.4. The number of hydrogen-bond acceptors (Lipinski definition) is 29. The van der Waals surface area contributed by atoms with Gasteiger partial charge in [0.1, 0.15) is 38.5 Å². The Bertz CT molecular complexity index is 5610. The predicted octanol–water partition coefficient (Wildman–Crippen LogP) is 18.6. The average molecular weight is 1550 g/mol. The number of nitrogens with zero attached hydrogens (tertiary/aromatic N) is 15. The van der Waals surface area contributed by atoms with Crippen molar-refractivity contribution in [2.45, 2.75) is 40.9 Å². The van der Waals surface area contributed by atoms with Gasteiger partial charge in [-0.2, -0.15) is 0 Å². The van der Waals surface area contributed by atoms with E-state index in [0.717, 1.165) is 117 Å². The molecule has 0 radical (unpaired) electrons. The van der Waals surface area contributed by atoms with Crippen molar-refractivity contribution in [3.05, 3.63) is 256 Å². The van der Waals surface area contributed by atoms with Crippen LogP contribution in [0.3, 0.4) is 0 Å². The minimum Gasteiger partial charge on any atom is -0.497 e. The number of aryl methyl sites for hydroxylation is 3. The molecule has 32 heteroatoms. The molecule has 5 aromatic carbocycles. The van der Waals surface area contributed by atoms with Crippen molar-refractivity contribution >= 4 is 155 Å². The molecular weight excluding hydrogens is 1490 g/mol. The molecule has 0 spiro atoms. The summed E-state index contributed by atoms with van der Waals surface area (Å²) in [6, 6.07) is 45.0. The molecule has 0 saturated heterocycles. The Morgan fingerprint density at radius 1 is 0.439 bits per heavy atom. The number of rotatable bonds is 19. The lowest BCUT2D eigenvalue weighted by atomic mass is 10.1. The molecule has 0 aliphatic carbocycles. The van der Waals surface area contributed by atoms with Gasteiger partial charge >= 0.3 is 0 Å². The van der Waals surface area contributed by atoms with E-state index in [2.05, 4.69) is 106 Å². The highest BCUT2D eigenvalue weighted by atomic mass is 35.5. The second-order valence-electron chi connectivity index (χ2n) is 22.5. The van der Waals surface area contributed by atoms with Gasteiger partial charge in [0.2, 0.25) is 29.7 Å². The van der Waals surface area contributed by atoms with Crippen molar-refractivity contribution < 1.29 is 19.7 Å². The lowest BCUT2D eigenvalue weighted by molar-refractivity contribution is 0.101. The van der Waals surface area contributed by atoms with Crippen molar-refractivity contribution in [2.75, 3.05) is 33.7 Å². The van der Waals surface area contributed by atoms with Crippen LogP contribution in [0.4, 0.5) is 58.2 Å². The summed E-state index contributed by atoms with van der Waals surface area (Å²) in [6.45, 7) is 7.32. The summed E-state index contributed by atoms with van der Waals surface area (Å²) in [4.78, 5) is 79.7. The van der Waals surface area contributed by atoms with E-state index in [1.165, 1.54) is 22.7 Å². The first kappa shape index (κ1) is 74.9. The van der Waals surface area contributed by atoms with Gasteiger partial charge in [0, 0.05) is 125 Å². The molecule has 0 fully saturated rings. The number of aromatic amines is 1. The molecule has 16 rings (SSSR count). The fraction of sp³-hybridized carbons (Fsp3) is 0.0933. The summed E-state index contributed by atoms with van der Waals surface area (Å²) >= 11 is 19.4. The number of aromatic nitrogens is 16. The Hall–Kier alpha value is -11.8. The zero-order valence-corrected chi connectivity index (χ0v) is 63.0. The van der Waals surface area contributed by atoms with Gasteiger partial charge in [0.05, 0.1) is 70.0 Å². The van der Waals surface area contributed by atoms with E-state index in [1.54, 1.807) is 121 Å². The summed E-state index contributed by atoms with van der Waals surface area (Å²) in [5.41, 5.74) is 16.7. The first-order valence-corrected chi connectivity index (χ1v) is 37.6. The maximum atomic E-state index is 11.4. The van der Waals surface area contributed by atoms with Gasteiger partial charge in [-0.05, 0) is 155 Å². The molecule has 0 atom stereocenters. The fourth-order valence-electron chi connectivity index (χ4n) is 9.66. The number of thiazole rings is 5. The number of ketones is 1. The lowest BCUT2D eigenvalue weighted by Gasteiger charge is -2.07. The van der Waals surface area contributed by atoms with Crippen LogP contribution in [0, 0.1) is 20.8 Å². The second-order valence-corrected chi connectivity index (χ2v) is 28.1. The molecule has 25 nitrogen and oxygen atoms in total. The number of Topliss-reactive ketones (excluding diaryl/α,β-unsaturated/α-hetero) is 1. The van der Waals surface area contributed by atoms with E-state index in [9.17, 15) is 4.79 Å². The van der Waals surface area contributed by atoms with Crippen LogP contribution in [-0.2, 0) is 13.2 Å². The molecule has 16 aromatic rings. The summed E-state index contributed by atoms with van der Waals surface area (Å²) in [5.74, 6) is 3.35. The Labute approximate surface area is 643 Å². The molecule has 0 aliphatic rings. The number of hydrogen-bond donors (Lipinski definition) is 8. The van der Waals surface area contributed by atoms with Gasteiger partial charge in [-0.15, -0.1) is 56.7 Å². The van der Waals surface area contributed by atoms with Crippen molar-refractivity contribution in [1.29, 1.82) is 0 Å². The Kier molecular flexibility index (Phi) is 25.7. The average Bonchev–Trinajstić information content (AvgIpc) is 1.78. The van der Waals surface area contributed by atoms with Crippen molar-refractivity contribution in [3.63, 3.8) is 0 Å². The number of nitrogens with one attached hydrogen (secondary N) is 6. The predicted molar refractivity (Wildman–Crippen MR) is 429 cm³/mol. The van der Waals surface area contributed by atoms with Crippen LogP contribution < -0.4 is 31.3 Å². The molecule has 0 saturated carbocycles. The van der Waals surface area contributed by atoms with E-state index in [4.69, 9.17) is 38.2 Å². The largest absolute Gasteiger partial charge is 0.497 e. The molecule has 11 aromatic heterocycles. The van der Waals surface area contributed by atoms with Crippen molar-refractivity contribution in [2.24, 2.45) is 0 Å². The zero-order chi connectivity index (χ0) is 74.4. The fourth-order valence-corrected chi connectivity index (χ4v) is 13.0. The molecule has 11 heterocycles. The third-order valence-electron chi connectivity index (χ3n) is 14.8. The second kappa shape index (κ2) is 36.7. The Morgan fingerprint density at radius 3 is 1.33 bits per heavy atom.